The fourth-order valence-corrected chi connectivity index (χ4v) is 3.53. The van der Waals surface area contributed by atoms with Crippen LogP contribution in [0.15, 0.2) is 42.5 Å². The van der Waals surface area contributed by atoms with Gasteiger partial charge in [0.2, 0.25) is 11.8 Å². The van der Waals surface area contributed by atoms with Crippen molar-refractivity contribution < 1.29 is 28.6 Å². The molecule has 2 amide bonds. The number of hydrogen-bond donors (Lipinski definition) is 1. The van der Waals surface area contributed by atoms with Gasteiger partial charge in [0.25, 0.3) is 0 Å². The van der Waals surface area contributed by atoms with Gasteiger partial charge in [-0.1, -0.05) is 12.1 Å². The highest BCUT2D eigenvalue weighted by Crippen LogP contribution is 2.34. The van der Waals surface area contributed by atoms with Crippen molar-refractivity contribution in [2.75, 3.05) is 39.3 Å². The second-order valence-electron chi connectivity index (χ2n) is 7.17. The molecule has 1 heterocycles. The Hall–Kier alpha value is -3.55. The van der Waals surface area contributed by atoms with E-state index in [0.717, 1.165) is 5.56 Å². The summed E-state index contributed by atoms with van der Waals surface area (Å²) in [7, 11) is 4.42. The van der Waals surface area contributed by atoms with E-state index in [4.69, 9.17) is 9.47 Å². The molecular formula is C23H26N2O6. The minimum Gasteiger partial charge on any atom is -0.493 e. The van der Waals surface area contributed by atoms with Gasteiger partial charge in [-0.15, -0.1) is 0 Å². The molecule has 8 nitrogen and oxygen atoms in total. The molecule has 31 heavy (non-hydrogen) atoms. The largest absolute Gasteiger partial charge is 0.493 e. The maximum Gasteiger partial charge on any atom is 0.337 e. The number of amides is 2. The summed E-state index contributed by atoms with van der Waals surface area (Å²) < 4.78 is 15.2. The highest BCUT2D eigenvalue weighted by molar-refractivity contribution is 6.00. The zero-order chi connectivity index (χ0) is 22.4. The molecule has 1 N–H and O–H groups in total. The van der Waals surface area contributed by atoms with E-state index in [1.807, 2.05) is 12.1 Å². The molecule has 0 aliphatic carbocycles. The fourth-order valence-electron chi connectivity index (χ4n) is 3.53. The number of methoxy groups -OCH3 is 3. The minimum absolute atomic E-state index is 0.106. The third-order valence-electron chi connectivity index (χ3n) is 5.26. The summed E-state index contributed by atoms with van der Waals surface area (Å²) >= 11 is 0. The molecule has 0 saturated carbocycles. The Morgan fingerprint density at radius 3 is 2.39 bits per heavy atom. The molecule has 1 atom stereocenters. The average Bonchev–Trinajstić information content (AvgIpc) is 3.20. The van der Waals surface area contributed by atoms with Crippen LogP contribution in [-0.4, -0.2) is 52.2 Å². The standard InChI is InChI=1S/C23H26N2O6/c1-29-19-9-8-18(13-20(19)30-2)25-14-17(12-21(25)26)22(27)24-11-10-15-4-6-16(7-5-15)23(28)31-3/h4-9,13,17H,10-12,14H2,1-3H3,(H,24,27). The molecule has 0 spiro atoms. The van der Waals surface area contributed by atoms with Crippen molar-refractivity contribution in [2.24, 2.45) is 5.92 Å². The van der Waals surface area contributed by atoms with Crippen molar-refractivity contribution in [3.63, 3.8) is 0 Å². The van der Waals surface area contributed by atoms with Gasteiger partial charge in [-0.05, 0) is 36.2 Å². The molecule has 0 bridgehead atoms. The Balaban J connectivity index is 1.54. The van der Waals surface area contributed by atoms with Gasteiger partial charge in [0, 0.05) is 31.3 Å². The molecule has 1 saturated heterocycles. The number of carbonyl (C=O) groups excluding carboxylic acids is 3. The van der Waals surface area contributed by atoms with Crippen molar-refractivity contribution >= 4 is 23.5 Å². The van der Waals surface area contributed by atoms with Crippen molar-refractivity contribution in [3.05, 3.63) is 53.6 Å². The lowest BCUT2D eigenvalue weighted by molar-refractivity contribution is -0.126. The van der Waals surface area contributed by atoms with Crippen LogP contribution < -0.4 is 19.7 Å². The number of nitrogens with zero attached hydrogens (tertiary/aromatic N) is 1. The van der Waals surface area contributed by atoms with Gasteiger partial charge >= 0.3 is 5.97 Å². The summed E-state index contributed by atoms with van der Waals surface area (Å²) in [5.74, 6) is 0.0473. The van der Waals surface area contributed by atoms with Crippen LogP contribution in [0.2, 0.25) is 0 Å². The van der Waals surface area contributed by atoms with E-state index < -0.39 is 5.92 Å². The average molecular weight is 426 g/mol. The van der Waals surface area contributed by atoms with E-state index in [-0.39, 0.29) is 24.2 Å². The SMILES string of the molecule is COC(=O)c1ccc(CCNC(=O)C2CC(=O)N(c3ccc(OC)c(OC)c3)C2)cc1. The van der Waals surface area contributed by atoms with Crippen LogP contribution in [0.5, 0.6) is 11.5 Å². The summed E-state index contributed by atoms with van der Waals surface area (Å²) in [4.78, 5) is 38.1. The normalized spacial score (nSPS) is 15.5. The van der Waals surface area contributed by atoms with Crippen LogP contribution >= 0.6 is 0 Å². The Morgan fingerprint density at radius 2 is 1.74 bits per heavy atom. The first kappa shape index (κ1) is 22.1. The maximum atomic E-state index is 12.6. The quantitative estimate of drug-likeness (QED) is 0.651. The molecule has 0 aromatic heterocycles. The van der Waals surface area contributed by atoms with Crippen LogP contribution in [0, 0.1) is 5.92 Å². The molecule has 2 aromatic rings. The van der Waals surface area contributed by atoms with Crippen molar-refractivity contribution in [3.8, 4) is 11.5 Å². The molecule has 2 aromatic carbocycles. The van der Waals surface area contributed by atoms with Crippen molar-refractivity contribution in [2.45, 2.75) is 12.8 Å². The van der Waals surface area contributed by atoms with E-state index in [1.54, 1.807) is 42.3 Å². The molecule has 1 fully saturated rings. The Bertz CT molecular complexity index is 957. The van der Waals surface area contributed by atoms with E-state index in [9.17, 15) is 14.4 Å². The number of hydrogen-bond acceptors (Lipinski definition) is 6. The first-order chi connectivity index (χ1) is 15.0. The Kier molecular flexibility index (Phi) is 7.12. The second-order valence-corrected chi connectivity index (χ2v) is 7.17. The second kappa shape index (κ2) is 9.97. The number of esters is 1. The number of benzene rings is 2. The lowest BCUT2D eigenvalue weighted by atomic mass is 10.1. The van der Waals surface area contributed by atoms with Gasteiger partial charge in [-0.25, -0.2) is 4.79 Å². The summed E-state index contributed by atoms with van der Waals surface area (Å²) in [6.45, 7) is 0.755. The van der Waals surface area contributed by atoms with E-state index in [0.29, 0.717) is 42.3 Å². The monoisotopic (exact) mass is 426 g/mol. The molecule has 8 heteroatoms. The van der Waals surface area contributed by atoms with Crippen LogP contribution in [0.25, 0.3) is 0 Å². The maximum absolute atomic E-state index is 12.6. The van der Waals surface area contributed by atoms with E-state index in [1.165, 1.54) is 14.2 Å². The molecule has 0 radical (unpaired) electrons. The minimum atomic E-state index is -0.415. The number of nitrogens with one attached hydrogen (secondary N) is 1. The van der Waals surface area contributed by atoms with Gasteiger partial charge in [-0.3, -0.25) is 9.59 Å². The van der Waals surface area contributed by atoms with Gasteiger partial charge in [0.15, 0.2) is 11.5 Å². The highest BCUT2D eigenvalue weighted by atomic mass is 16.5. The summed E-state index contributed by atoms with van der Waals surface area (Å²) in [6, 6.07) is 12.3. The third kappa shape index (κ3) is 5.14. The van der Waals surface area contributed by atoms with Gasteiger partial charge < -0.3 is 24.4 Å². The van der Waals surface area contributed by atoms with Gasteiger partial charge in [-0.2, -0.15) is 0 Å². The molecule has 164 valence electrons. The molecule has 1 unspecified atom stereocenters. The molecule has 3 rings (SSSR count). The first-order valence-electron chi connectivity index (χ1n) is 9.94. The predicted octanol–water partition coefficient (Wildman–Crippen LogP) is 2.20. The number of anilines is 1. The Labute approximate surface area is 181 Å². The number of rotatable bonds is 8. The van der Waals surface area contributed by atoms with Crippen molar-refractivity contribution in [1.29, 1.82) is 0 Å². The molecular weight excluding hydrogens is 400 g/mol. The zero-order valence-corrected chi connectivity index (χ0v) is 17.8. The number of carbonyl (C=O) groups is 3. The van der Waals surface area contributed by atoms with Crippen LogP contribution in [0.1, 0.15) is 22.3 Å². The van der Waals surface area contributed by atoms with Gasteiger partial charge in [0.05, 0.1) is 32.8 Å². The lowest BCUT2D eigenvalue weighted by Gasteiger charge is -2.18. The van der Waals surface area contributed by atoms with Gasteiger partial charge in [0.1, 0.15) is 0 Å². The summed E-state index contributed by atoms with van der Waals surface area (Å²) in [6.07, 6.45) is 0.779. The summed E-state index contributed by atoms with van der Waals surface area (Å²) in [5.41, 5.74) is 2.14. The fraction of sp³-hybridized carbons (Fsp3) is 0.348. The smallest absolute Gasteiger partial charge is 0.337 e. The summed E-state index contributed by atoms with van der Waals surface area (Å²) in [5, 5.41) is 2.90. The predicted molar refractivity (Wildman–Crippen MR) is 115 cm³/mol. The van der Waals surface area contributed by atoms with E-state index >= 15 is 0 Å². The Morgan fingerprint density at radius 1 is 1.03 bits per heavy atom. The van der Waals surface area contributed by atoms with Crippen molar-refractivity contribution in [1.82, 2.24) is 5.32 Å². The van der Waals surface area contributed by atoms with Crippen LogP contribution in [0.3, 0.4) is 0 Å². The first-order valence-corrected chi connectivity index (χ1v) is 9.94. The lowest BCUT2D eigenvalue weighted by Crippen LogP contribution is -2.34. The topological polar surface area (TPSA) is 94.2 Å². The van der Waals surface area contributed by atoms with Crippen LogP contribution in [0.4, 0.5) is 5.69 Å². The van der Waals surface area contributed by atoms with E-state index in [2.05, 4.69) is 10.1 Å². The number of ether oxygens (including phenoxy) is 3. The zero-order valence-electron chi connectivity index (χ0n) is 17.8. The van der Waals surface area contributed by atoms with Crippen LogP contribution in [-0.2, 0) is 20.7 Å². The molecule has 1 aliphatic rings. The third-order valence-corrected chi connectivity index (χ3v) is 5.26. The highest BCUT2D eigenvalue weighted by Gasteiger charge is 2.35. The molecule has 1 aliphatic heterocycles.